The molecule has 0 bridgehead atoms. The summed E-state index contributed by atoms with van der Waals surface area (Å²) in [5, 5.41) is 48.6. The lowest BCUT2D eigenvalue weighted by Gasteiger charge is -2.45. The van der Waals surface area contributed by atoms with E-state index >= 15 is 0 Å². The van der Waals surface area contributed by atoms with E-state index < -0.39 is 67.6 Å². The van der Waals surface area contributed by atoms with Crippen molar-refractivity contribution >= 4 is 0 Å². The van der Waals surface area contributed by atoms with Crippen LogP contribution in [-0.2, 0) is 9.47 Å². The Hall–Kier alpha value is -0.400. The fourth-order valence-corrected chi connectivity index (χ4v) is 2.85. The third-order valence-electron chi connectivity index (χ3n) is 4.31. The molecule has 10 nitrogen and oxygen atoms in total. The summed E-state index contributed by atoms with van der Waals surface area (Å²) >= 11 is 0. The fourth-order valence-electron chi connectivity index (χ4n) is 2.85. The first kappa shape index (κ1) is 17.9. The second-order valence-corrected chi connectivity index (χ2v) is 5.93. The predicted molar refractivity (Wildman–Crippen MR) is 73.2 cm³/mol. The molecule has 11 N–H and O–H groups in total. The number of rotatable bonds is 3. The van der Waals surface area contributed by atoms with Crippen molar-refractivity contribution in [2.24, 2.45) is 17.2 Å². The van der Waals surface area contributed by atoms with Gasteiger partial charge >= 0.3 is 0 Å². The van der Waals surface area contributed by atoms with Crippen LogP contribution in [0.25, 0.3) is 0 Å². The van der Waals surface area contributed by atoms with E-state index in [2.05, 4.69) is 0 Å². The average molecular weight is 323 g/mol. The maximum atomic E-state index is 10.0. The minimum atomic E-state index is -1.37. The van der Waals surface area contributed by atoms with E-state index in [1.165, 1.54) is 0 Å². The third kappa shape index (κ3) is 3.26. The number of nitrogens with two attached hydrogens (primary N) is 3. The highest BCUT2D eigenvalue weighted by atomic mass is 16.7. The van der Waals surface area contributed by atoms with E-state index in [0.29, 0.717) is 0 Å². The normalized spacial score (nSPS) is 53.5. The maximum absolute atomic E-state index is 10.0. The number of hydrogen-bond donors (Lipinski definition) is 8. The molecule has 0 spiro atoms. The van der Waals surface area contributed by atoms with E-state index in [1.807, 2.05) is 0 Å². The first-order valence-electron chi connectivity index (χ1n) is 7.18. The zero-order chi connectivity index (χ0) is 16.6. The van der Waals surface area contributed by atoms with Crippen LogP contribution in [0.4, 0.5) is 0 Å². The highest BCUT2D eigenvalue weighted by Crippen LogP contribution is 2.27. The van der Waals surface area contributed by atoms with Crippen LogP contribution in [0, 0.1) is 0 Å². The van der Waals surface area contributed by atoms with Gasteiger partial charge in [-0.2, -0.15) is 0 Å². The van der Waals surface area contributed by atoms with E-state index in [4.69, 9.17) is 31.8 Å². The van der Waals surface area contributed by atoms with Gasteiger partial charge in [0.1, 0.15) is 30.5 Å². The standard InChI is InChI=1S/C12H25N3O7/c13-3-1-4(14)11(10(20)7(3)17)22-12-6(15)9(19)8(18)5(2-16)21-12/h3-12,16-20H,1-2,13-15H2/t3-,4?,5?,6+,7-,8-,9?,10?,11-,12-/m1/s1. The zero-order valence-electron chi connectivity index (χ0n) is 12.0. The van der Waals surface area contributed by atoms with Crippen LogP contribution in [-0.4, -0.2) is 93.2 Å². The summed E-state index contributed by atoms with van der Waals surface area (Å²) in [6.07, 6.45) is -8.36. The molecule has 2 fully saturated rings. The Morgan fingerprint density at radius 1 is 0.909 bits per heavy atom. The van der Waals surface area contributed by atoms with Crippen LogP contribution in [0.5, 0.6) is 0 Å². The van der Waals surface area contributed by atoms with Gasteiger partial charge in [-0.05, 0) is 6.42 Å². The zero-order valence-corrected chi connectivity index (χ0v) is 12.0. The van der Waals surface area contributed by atoms with E-state index in [-0.39, 0.29) is 6.42 Å². The number of ether oxygens (including phenoxy) is 2. The van der Waals surface area contributed by atoms with Crippen LogP contribution in [0.2, 0.25) is 0 Å². The Morgan fingerprint density at radius 2 is 1.55 bits per heavy atom. The van der Waals surface area contributed by atoms with Crippen LogP contribution < -0.4 is 17.2 Å². The predicted octanol–water partition coefficient (Wildman–Crippen LogP) is -5.08. The Balaban J connectivity index is 2.08. The van der Waals surface area contributed by atoms with E-state index in [0.717, 1.165) is 0 Å². The van der Waals surface area contributed by atoms with Crippen molar-refractivity contribution in [2.45, 2.75) is 67.5 Å². The number of aliphatic hydroxyl groups is 5. The minimum absolute atomic E-state index is 0.222. The minimum Gasteiger partial charge on any atom is -0.394 e. The third-order valence-corrected chi connectivity index (χ3v) is 4.31. The second-order valence-electron chi connectivity index (χ2n) is 5.93. The molecule has 4 unspecified atom stereocenters. The molecule has 0 aromatic rings. The van der Waals surface area contributed by atoms with Gasteiger partial charge in [0.25, 0.3) is 0 Å². The SMILES string of the molecule is NC1C[C@@H](N)[C@@H](O)C(O)[C@@H]1O[C@H]1OC(CO)[C@@H](O)C(O)[C@@H]1N. The summed E-state index contributed by atoms with van der Waals surface area (Å²) in [4.78, 5) is 0. The highest BCUT2D eigenvalue weighted by Gasteiger charge is 2.47. The molecule has 130 valence electrons. The molecule has 1 heterocycles. The van der Waals surface area contributed by atoms with Gasteiger partial charge in [-0.3, -0.25) is 0 Å². The van der Waals surface area contributed by atoms with Gasteiger partial charge in [0.05, 0.1) is 18.8 Å². The number of aliphatic hydroxyl groups excluding tert-OH is 5. The first-order valence-corrected chi connectivity index (χ1v) is 7.18. The summed E-state index contributed by atoms with van der Waals surface area (Å²) in [7, 11) is 0. The lowest BCUT2D eigenvalue weighted by atomic mass is 9.84. The first-order chi connectivity index (χ1) is 10.3. The van der Waals surface area contributed by atoms with Crippen molar-refractivity contribution < 1.29 is 35.0 Å². The monoisotopic (exact) mass is 323 g/mol. The molecule has 1 saturated carbocycles. The molecule has 0 aromatic heterocycles. The van der Waals surface area contributed by atoms with Crippen molar-refractivity contribution in [1.82, 2.24) is 0 Å². The van der Waals surface area contributed by atoms with Crippen LogP contribution in [0.3, 0.4) is 0 Å². The van der Waals surface area contributed by atoms with Crippen molar-refractivity contribution in [3.05, 3.63) is 0 Å². The molecule has 0 amide bonds. The summed E-state index contributed by atoms with van der Waals surface area (Å²) in [5.41, 5.74) is 17.3. The van der Waals surface area contributed by atoms with Gasteiger partial charge in [0.2, 0.25) is 0 Å². The van der Waals surface area contributed by atoms with Crippen LogP contribution in [0.15, 0.2) is 0 Å². The molecule has 1 aliphatic carbocycles. The van der Waals surface area contributed by atoms with Gasteiger partial charge in [0.15, 0.2) is 6.29 Å². The lowest BCUT2D eigenvalue weighted by molar-refractivity contribution is -0.293. The van der Waals surface area contributed by atoms with Crippen molar-refractivity contribution in [1.29, 1.82) is 0 Å². The largest absolute Gasteiger partial charge is 0.394 e. The van der Waals surface area contributed by atoms with Crippen molar-refractivity contribution in [3.8, 4) is 0 Å². The molecule has 1 aliphatic heterocycles. The van der Waals surface area contributed by atoms with Crippen molar-refractivity contribution in [2.75, 3.05) is 6.61 Å². The van der Waals surface area contributed by atoms with E-state index in [9.17, 15) is 20.4 Å². The molecule has 10 atom stereocenters. The lowest BCUT2D eigenvalue weighted by Crippen LogP contribution is -2.67. The molecule has 1 saturated heterocycles. The van der Waals surface area contributed by atoms with Crippen molar-refractivity contribution in [3.63, 3.8) is 0 Å². The Morgan fingerprint density at radius 3 is 2.14 bits per heavy atom. The van der Waals surface area contributed by atoms with Crippen LogP contribution >= 0.6 is 0 Å². The molecular formula is C12H25N3O7. The summed E-state index contributed by atoms with van der Waals surface area (Å²) in [6, 6.07) is -2.45. The fraction of sp³-hybridized carbons (Fsp3) is 1.00. The van der Waals surface area contributed by atoms with Gasteiger partial charge < -0.3 is 52.2 Å². The second kappa shape index (κ2) is 7.01. The average Bonchev–Trinajstić information content (AvgIpc) is 2.49. The topological polar surface area (TPSA) is 198 Å². The van der Waals surface area contributed by atoms with Gasteiger partial charge in [-0.15, -0.1) is 0 Å². The molecule has 2 aliphatic rings. The molecule has 22 heavy (non-hydrogen) atoms. The Labute approximate surface area is 127 Å². The summed E-state index contributed by atoms with van der Waals surface area (Å²) in [5.74, 6) is 0. The quantitative estimate of drug-likeness (QED) is 0.248. The Bertz CT molecular complexity index is 375. The molecule has 2 rings (SSSR count). The molecule has 10 heteroatoms. The van der Waals surface area contributed by atoms with Gasteiger partial charge in [-0.1, -0.05) is 0 Å². The summed E-state index contributed by atoms with van der Waals surface area (Å²) in [6.45, 7) is -0.544. The van der Waals surface area contributed by atoms with E-state index in [1.54, 1.807) is 0 Å². The summed E-state index contributed by atoms with van der Waals surface area (Å²) < 4.78 is 10.8. The molecular weight excluding hydrogens is 298 g/mol. The van der Waals surface area contributed by atoms with Gasteiger partial charge in [-0.25, -0.2) is 0 Å². The van der Waals surface area contributed by atoms with Crippen LogP contribution in [0.1, 0.15) is 6.42 Å². The number of hydrogen-bond acceptors (Lipinski definition) is 10. The molecule has 0 radical (unpaired) electrons. The smallest absolute Gasteiger partial charge is 0.176 e. The molecule has 0 aromatic carbocycles. The maximum Gasteiger partial charge on any atom is 0.176 e. The van der Waals surface area contributed by atoms with Gasteiger partial charge in [0, 0.05) is 12.1 Å². The highest BCUT2D eigenvalue weighted by molar-refractivity contribution is 4.99. The Kier molecular flexibility index (Phi) is 5.72.